The van der Waals surface area contributed by atoms with Gasteiger partial charge in [-0.25, -0.2) is 0 Å². The SMILES string of the molecule is [2H]C(CCCS)c1ccccc1. The largest absolute Gasteiger partial charge is 0.179 e. The van der Waals surface area contributed by atoms with Crippen molar-refractivity contribution in [1.29, 1.82) is 0 Å². The summed E-state index contributed by atoms with van der Waals surface area (Å²) in [5.74, 6) is 0.877. The Morgan fingerprint density at radius 1 is 1.18 bits per heavy atom. The van der Waals surface area contributed by atoms with Crippen LogP contribution in [0.15, 0.2) is 30.3 Å². The third-order valence-corrected chi connectivity index (χ3v) is 1.86. The van der Waals surface area contributed by atoms with Crippen LogP contribution in [0.2, 0.25) is 0 Å². The van der Waals surface area contributed by atoms with E-state index in [-0.39, 0.29) is 6.40 Å². The van der Waals surface area contributed by atoms with E-state index in [4.69, 9.17) is 1.37 Å². The summed E-state index contributed by atoms with van der Waals surface area (Å²) in [7, 11) is 0. The van der Waals surface area contributed by atoms with Gasteiger partial charge in [0.1, 0.15) is 0 Å². The summed E-state index contributed by atoms with van der Waals surface area (Å²) in [4.78, 5) is 0. The van der Waals surface area contributed by atoms with Gasteiger partial charge in [0.2, 0.25) is 0 Å². The maximum atomic E-state index is 7.78. The van der Waals surface area contributed by atoms with Gasteiger partial charge in [0, 0.05) is 1.37 Å². The van der Waals surface area contributed by atoms with E-state index in [0.29, 0.717) is 0 Å². The quantitative estimate of drug-likeness (QED) is 0.655. The Bertz CT molecular complexity index is 210. The molecule has 0 amide bonds. The van der Waals surface area contributed by atoms with Crippen LogP contribution in [0.25, 0.3) is 0 Å². The molecule has 1 aromatic rings. The fourth-order valence-electron chi connectivity index (χ4n) is 0.949. The summed E-state index contributed by atoms with van der Waals surface area (Å²) in [6.07, 6.45) is 1.86. The van der Waals surface area contributed by atoms with Crippen LogP contribution >= 0.6 is 12.6 Å². The monoisotopic (exact) mass is 167 g/mol. The molecule has 1 unspecified atom stereocenters. The highest BCUT2D eigenvalue weighted by Crippen LogP contribution is 2.04. The minimum absolute atomic E-state index is 0.0710. The first kappa shape index (κ1) is 7.23. The third-order valence-electron chi connectivity index (χ3n) is 1.54. The van der Waals surface area contributed by atoms with Gasteiger partial charge in [0.05, 0.1) is 0 Å². The molecule has 0 N–H and O–H groups in total. The third kappa shape index (κ3) is 3.47. The zero-order valence-corrected chi connectivity index (χ0v) is 7.43. The lowest BCUT2D eigenvalue weighted by Crippen LogP contribution is -1.84. The molecule has 0 saturated carbocycles. The Morgan fingerprint density at radius 2 is 1.91 bits per heavy atom. The van der Waals surface area contributed by atoms with Crippen molar-refractivity contribution in [3.8, 4) is 0 Å². The van der Waals surface area contributed by atoms with Crippen molar-refractivity contribution < 1.29 is 1.37 Å². The van der Waals surface area contributed by atoms with Crippen molar-refractivity contribution in [2.45, 2.75) is 19.2 Å². The van der Waals surface area contributed by atoms with Gasteiger partial charge in [-0.1, -0.05) is 30.3 Å². The minimum atomic E-state index is -0.0710. The van der Waals surface area contributed by atoms with Crippen molar-refractivity contribution in [2.24, 2.45) is 0 Å². The number of thiol groups is 1. The van der Waals surface area contributed by atoms with Crippen LogP contribution in [0.4, 0.5) is 0 Å². The fraction of sp³-hybridized carbons (Fsp3) is 0.400. The Kier molecular flexibility index (Phi) is 3.45. The molecule has 1 heteroatoms. The van der Waals surface area contributed by atoms with Gasteiger partial charge in [-0.3, -0.25) is 0 Å². The second-order valence-electron chi connectivity index (χ2n) is 2.48. The Hall–Kier alpha value is -0.430. The first-order valence-corrected chi connectivity index (χ1v) is 4.56. The molecular weight excluding hydrogens is 152 g/mol. The normalized spacial score (nSPS) is 14.1. The first-order valence-electron chi connectivity index (χ1n) is 4.50. The molecule has 0 heterocycles. The number of aryl methyl sites for hydroxylation is 1. The highest BCUT2D eigenvalue weighted by molar-refractivity contribution is 7.80. The molecule has 0 fully saturated rings. The lowest BCUT2D eigenvalue weighted by molar-refractivity contribution is 0.804. The van der Waals surface area contributed by atoms with Crippen LogP contribution in [0.1, 0.15) is 19.8 Å². The lowest BCUT2D eigenvalue weighted by atomic mass is 10.1. The number of hydrogen-bond donors (Lipinski definition) is 1. The van der Waals surface area contributed by atoms with Crippen LogP contribution in [-0.4, -0.2) is 5.75 Å². The van der Waals surface area contributed by atoms with Crippen LogP contribution < -0.4 is 0 Å². The molecule has 0 bridgehead atoms. The molecule has 11 heavy (non-hydrogen) atoms. The predicted octanol–water partition coefficient (Wildman–Crippen LogP) is 2.94. The molecule has 0 aliphatic carbocycles. The van der Waals surface area contributed by atoms with Gasteiger partial charge in [-0.2, -0.15) is 12.6 Å². The molecule has 0 spiro atoms. The molecule has 0 aromatic heterocycles. The highest BCUT2D eigenvalue weighted by atomic mass is 32.1. The number of hydrogen-bond acceptors (Lipinski definition) is 1. The van der Waals surface area contributed by atoms with Crippen molar-refractivity contribution in [1.82, 2.24) is 0 Å². The van der Waals surface area contributed by atoms with Gasteiger partial charge < -0.3 is 0 Å². The molecular formula is C10H14S. The average Bonchev–Trinajstić information content (AvgIpc) is 2.15. The summed E-state index contributed by atoms with van der Waals surface area (Å²) < 4.78 is 7.78. The Labute approximate surface area is 75.5 Å². The fourth-order valence-corrected chi connectivity index (χ4v) is 1.13. The lowest BCUT2D eigenvalue weighted by Gasteiger charge is -1.98. The molecule has 1 atom stereocenters. The van der Waals surface area contributed by atoms with E-state index in [9.17, 15) is 0 Å². The minimum Gasteiger partial charge on any atom is -0.179 e. The van der Waals surface area contributed by atoms with Crippen molar-refractivity contribution in [3.05, 3.63) is 35.9 Å². The van der Waals surface area contributed by atoms with E-state index in [1.165, 1.54) is 0 Å². The zero-order chi connectivity index (χ0) is 8.81. The van der Waals surface area contributed by atoms with Gasteiger partial charge >= 0.3 is 0 Å². The second-order valence-corrected chi connectivity index (χ2v) is 2.93. The van der Waals surface area contributed by atoms with E-state index >= 15 is 0 Å². The van der Waals surface area contributed by atoms with Crippen LogP contribution in [0.3, 0.4) is 0 Å². The standard InChI is InChI=1S/C10H14S/c11-9-5-4-8-10-6-2-1-3-7-10/h1-3,6-7,11H,4-5,8-9H2/i8D. The van der Waals surface area contributed by atoms with E-state index < -0.39 is 0 Å². The average molecular weight is 167 g/mol. The molecule has 0 aliphatic rings. The van der Waals surface area contributed by atoms with E-state index in [0.717, 1.165) is 24.2 Å². The van der Waals surface area contributed by atoms with Gasteiger partial charge in [0.15, 0.2) is 0 Å². The number of benzene rings is 1. The summed E-state index contributed by atoms with van der Waals surface area (Å²) >= 11 is 4.12. The Balaban J connectivity index is 2.48. The topological polar surface area (TPSA) is 0 Å². The van der Waals surface area contributed by atoms with Crippen molar-refractivity contribution >= 4 is 12.6 Å². The predicted molar refractivity (Wildman–Crippen MR) is 53.2 cm³/mol. The van der Waals surface area contributed by atoms with Crippen molar-refractivity contribution in [3.63, 3.8) is 0 Å². The van der Waals surface area contributed by atoms with Crippen molar-refractivity contribution in [2.75, 3.05) is 5.75 Å². The van der Waals surface area contributed by atoms with Gasteiger partial charge in [-0.15, -0.1) is 0 Å². The molecule has 0 aliphatic heterocycles. The first-order chi connectivity index (χ1) is 5.84. The second kappa shape index (κ2) is 5.25. The maximum Gasteiger partial charge on any atom is 0.0316 e. The van der Waals surface area contributed by atoms with E-state index in [1.54, 1.807) is 0 Å². The van der Waals surface area contributed by atoms with Crippen LogP contribution in [0.5, 0.6) is 0 Å². The molecule has 0 radical (unpaired) electrons. The summed E-state index contributed by atoms with van der Waals surface area (Å²) in [6.45, 7) is 0. The molecule has 1 rings (SSSR count). The maximum absolute atomic E-state index is 7.78. The number of rotatable bonds is 4. The molecule has 1 aromatic carbocycles. The highest BCUT2D eigenvalue weighted by Gasteiger charge is 1.89. The van der Waals surface area contributed by atoms with E-state index in [2.05, 4.69) is 12.6 Å². The van der Waals surface area contributed by atoms with Gasteiger partial charge in [0.25, 0.3) is 0 Å². The molecule has 60 valence electrons. The van der Waals surface area contributed by atoms with Crippen LogP contribution in [-0.2, 0) is 6.40 Å². The van der Waals surface area contributed by atoms with Gasteiger partial charge in [-0.05, 0) is 30.6 Å². The summed E-state index contributed by atoms with van der Waals surface area (Å²) in [5.41, 5.74) is 1.11. The summed E-state index contributed by atoms with van der Waals surface area (Å²) in [5, 5.41) is 0. The smallest absolute Gasteiger partial charge is 0.0316 e. The van der Waals surface area contributed by atoms with E-state index in [1.807, 2.05) is 30.3 Å². The molecule has 0 nitrogen and oxygen atoms in total. The Morgan fingerprint density at radius 3 is 2.55 bits per heavy atom. The van der Waals surface area contributed by atoms with Crippen LogP contribution in [0, 0.1) is 0 Å². The molecule has 0 saturated heterocycles. The summed E-state index contributed by atoms with van der Waals surface area (Å²) in [6, 6.07) is 9.97. The zero-order valence-electron chi connectivity index (χ0n) is 7.53.